The van der Waals surface area contributed by atoms with Gasteiger partial charge in [0.25, 0.3) is 0 Å². The van der Waals surface area contributed by atoms with Crippen LogP contribution in [0.15, 0.2) is 36.5 Å². The highest BCUT2D eigenvalue weighted by molar-refractivity contribution is 7.89. The predicted molar refractivity (Wildman–Crippen MR) is 91.0 cm³/mol. The number of rotatable bonds is 4. The van der Waals surface area contributed by atoms with E-state index in [9.17, 15) is 8.42 Å². The molecular formula is C17H23N3O2S. The summed E-state index contributed by atoms with van der Waals surface area (Å²) in [7, 11) is -3.25. The lowest BCUT2D eigenvalue weighted by atomic mass is 9.74. The number of nitrogens with one attached hydrogen (secondary N) is 1. The number of sulfonamides is 1. The van der Waals surface area contributed by atoms with Gasteiger partial charge in [-0.15, -0.1) is 0 Å². The van der Waals surface area contributed by atoms with Gasteiger partial charge in [0.2, 0.25) is 10.0 Å². The first kappa shape index (κ1) is 16.2. The van der Waals surface area contributed by atoms with Crippen LogP contribution in [0, 0.1) is 5.41 Å². The lowest BCUT2D eigenvalue weighted by Crippen LogP contribution is -2.37. The Labute approximate surface area is 137 Å². The second-order valence-electron chi connectivity index (χ2n) is 6.91. The molecule has 1 aliphatic carbocycles. The maximum absolute atomic E-state index is 12.0. The molecule has 0 saturated heterocycles. The largest absolute Gasteiger partial charge is 0.237 e. The maximum Gasteiger partial charge on any atom is 0.211 e. The molecule has 6 heteroatoms. The van der Waals surface area contributed by atoms with E-state index >= 15 is 0 Å². The lowest BCUT2D eigenvalue weighted by molar-refractivity contribution is 0.269. The van der Waals surface area contributed by atoms with Crippen molar-refractivity contribution in [3.05, 3.63) is 47.8 Å². The second kappa shape index (κ2) is 5.76. The van der Waals surface area contributed by atoms with Crippen LogP contribution in [0.5, 0.6) is 0 Å². The molecule has 1 unspecified atom stereocenters. The Morgan fingerprint density at radius 1 is 1.30 bits per heavy atom. The summed E-state index contributed by atoms with van der Waals surface area (Å²) in [6.45, 7) is 6.00. The SMILES string of the molecule is CCS(=O)(=O)NC1CC(C)(C)Cc2c1cnn2-c1ccccc1. The number of nitrogens with zero attached hydrogens (tertiary/aromatic N) is 2. The molecule has 0 amide bonds. The van der Waals surface area contributed by atoms with E-state index < -0.39 is 10.0 Å². The van der Waals surface area contributed by atoms with Gasteiger partial charge in [-0.3, -0.25) is 0 Å². The fraction of sp³-hybridized carbons (Fsp3) is 0.471. The highest BCUT2D eigenvalue weighted by Gasteiger charge is 2.36. The van der Waals surface area contributed by atoms with Gasteiger partial charge in [0.1, 0.15) is 0 Å². The molecule has 23 heavy (non-hydrogen) atoms. The normalized spacial score (nSPS) is 20.2. The lowest BCUT2D eigenvalue weighted by Gasteiger charge is -2.35. The third-order valence-corrected chi connectivity index (χ3v) is 5.79. The van der Waals surface area contributed by atoms with E-state index in [2.05, 4.69) is 23.7 Å². The summed E-state index contributed by atoms with van der Waals surface area (Å²) >= 11 is 0. The number of para-hydroxylation sites is 1. The topological polar surface area (TPSA) is 64.0 Å². The van der Waals surface area contributed by atoms with Crippen molar-refractivity contribution < 1.29 is 8.42 Å². The number of aromatic nitrogens is 2. The van der Waals surface area contributed by atoms with Crippen molar-refractivity contribution in [2.45, 2.75) is 39.7 Å². The van der Waals surface area contributed by atoms with Gasteiger partial charge in [0.05, 0.1) is 23.7 Å². The van der Waals surface area contributed by atoms with Crippen molar-refractivity contribution in [3.8, 4) is 5.69 Å². The molecule has 124 valence electrons. The van der Waals surface area contributed by atoms with E-state index in [-0.39, 0.29) is 17.2 Å². The third kappa shape index (κ3) is 3.33. The molecule has 0 fully saturated rings. The monoisotopic (exact) mass is 333 g/mol. The van der Waals surface area contributed by atoms with Crippen LogP contribution in [-0.4, -0.2) is 24.0 Å². The van der Waals surface area contributed by atoms with Gasteiger partial charge in [-0.05, 0) is 37.3 Å². The minimum Gasteiger partial charge on any atom is -0.237 e. The van der Waals surface area contributed by atoms with Crippen LogP contribution >= 0.6 is 0 Å². The van der Waals surface area contributed by atoms with Crippen LogP contribution in [0.3, 0.4) is 0 Å². The second-order valence-corrected chi connectivity index (χ2v) is 8.96. The van der Waals surface area contributed by atoms with Gasteiger partial charge in [-0.25, -0.2) is 17.8 Å². The third-order valence-electron chi connectivity index (χ3n) is 4.38. The standard InChI is InChI=1S/C17H23N3O2S/c1-4-23(21,22)19-15-10-17(2,3)11-16-14(15)12-18-20(16)13-8-6-5-7-9-13/h5-9,12,15,19H,4,10-11H2,1-3H3. The molecule has 0 bridgehead atoms. The van der Waals surface area contributed by atoms with E-state index in [4.69, 9.17) is 0 Å². The molecule has 2 aromatic rings. The minimum atomic E-state index is -3.25. The molecule has 0 radical (unpaired) electrons. The number of hydrogen-bond donors (Lipinski definition) is 1. The number of benzene rings is 1. The molecule has 1 N–H and O–H groups in total. The van der Waals surface area contributed by atoms with Crippen molar-refractivity contribution in [3.63, 3.8) is 0 Å². The van der Waals surface area contributed by atoms with Gasteiger partial charge in [0, 0.05) is 11.3 Å². The Bertz CT molecular complexity index is 795. The van der Waals surface area contributed by atoms with Gasteiger partial charge < -0.3 is 0 Å². The van der Waals surface area contributed by atoms with Gasteiger partial charge in [0.15, 0.2) is 0 Å². The van der Waals surface area contributed by atoms with Crippen molar-refractivity contribution in [1.82, 2.24) is 14.5 Å². The number of hydrogen-bond acceptors (Lipinski definition) is 3. The summed E-state index contributed by atoms with van der Waals surface area (Å²) in [6.07, 6.45) is 3.46. The molecule has 0 saturated carbocycles. The van der Waals surface area contributed by atoms with Crippen molar-refractivity contribution >= 4 is 10.0 Å². The molecule has 1 heterocycles. The average molecular weight is 333 g/mol. The zero-order valence-corrected chi connectivity index (χ0v) is 14.6. The first-order valence-electron chi connectivity index (χ1n) is 7.93. The highest BCUT2D eigenvalue weighted by Crippen LogP contribution is 2.41. The maximum atomic E-state index is 12.0. The van der Waals surface area contributed by atoms with Crippen LogP contribution < -0.4 is 4.72 Å². The summed E-state index contributed by atoms with van der Waals surface area (Å²) < 4.78 is 28.8. The van der Waals surface area contributed by atoms with Gasteiger partial charge in [-0.2, -0.15) is 5.10 Å². The Kier molecular flexibility index (Phi) is 4.06. The summed E-state index contributed by atoms with van der Waals surface area (Å²) in [5, 5.41) is 4.52. The van der Waals surface area contributed by atoms with Crippen LogP contribution in [0.1, 0.15) is 44.5 Å². The van der Waals surface area contributed by atoms with Gasteiger partial charge >= 0.3 is 0 Å². The minimum absolute atomic E-state index is 0.0144. The molecule has 1 aliphatic rings. The molecular weight excluding hydrogens is 310 g/mol. The van der Waals surface area contributed by atoms with Gasteiger partial charge in [-0.1, -0.05) is 32.0 Å². The van der Waals surface area contributed by atoms with Crippen molar-refractivity contribution in [2.75, 3.05) is 5.75 Å². The number of fused-ring (bicyclic) bond motifs is 1. The van der Waals surface area contributed by atoms with E-state index in [0.717, 1.165) is 29.8 Å². The Morgan fingerprint density at radius 2 is 2.00 bits per heavy atom. The zero-order valence-electron chi connectivity index (χ0n) is 13.8. The van der Waals surface area contributed by atoms with Crippen LogP contribution in [0.4, 0.5) is 0 Å². The summed E-state index contributed by atoms with van der Waals surface area (Å²) in [6, 6.07) is 9.75. The summed E-state index contributed by atoms with van der Waals surface area (Å²) in [5.74, 6) is 0.0894. The zero-order chi connectivity index (χ0) is 16.7. The van der Waals surface area contributed by atoms with Crippen LogP contribution in [0.2, 0.25) is 0 Å². The molecule has 5 nitrogen and oxygen atoms in total. The average Bonchev–Trinajstić information content (AvgIpc) is 2.90. The quantitative estimate of drug-likeness (QED) is 0.936. The molecule has 1 aromatic heterocycles. The van der Waals surface area contributed by atoms with E-state index in [1.165, 1.54) is 0 Å². The van der Waals surface area contributed by atoms with Crippen LogP contribution in [0.25, 0.3) is 5.69 Å². The highest BCUT2D eigenvalue weighted by atomic mass is 32.2. The first-order valence-corrected chi connectivity index (χ1v) is 9.59. The Balaban J connectivity index is 2.05. The fourth-order valence-electron chi connectivity index (χ4n) is 3.24. The summed E-state index contributed by atoms with van der Waals surface area (Å²) in [5.41, 5.74) is 3.10. The molecule has 3 rings (SSSR count). The van der Waals surface area contributed by atoms with E-state index in [1.54, 1.807) is 13.1 Å². The molecule has 0 spiro atoms. The van der Waals surface area contributed by atoms with Crippen molar-refractivity contribution in [2.24, 2.45) is 5.41 Å². The first-order chi connectivity index (χ1) is 10.8. The van der Waals surface area contributed by atoms with Crippen molar-refractivity contribution in [1.29, 1.82) is 0 Å². The molecule has 1 atom stereocenters. The van der Waals surface area contributed by atoms with Crippen LogP contribution in [-0.2, 0) is 16.4 Å². The molecule has 0 aliphatic heterocycles. The predicted octanol–water partition coefficient (Wildman–Crippen LogP) is 2.83. The fourth-order valence-corrected chi connectivity index (χ4v) is 4.05. The summed E-state index contributed by atoms with van der Waals surface area (Å²) in [4.78, 5) is 0. The van der Waals surface area contributed by atoms with E-state index in [1.807, 2.05) is 35.0 Å². The Hall–Kier alpha value is -1.66. The Morgan fingerprint density at radius 3 is 2.65 bits per heavy atom. The molecule has 1 aromatic carbocycles. The smallest absolute Gasteiger partial charge is 0.211 e. The van der Waals surface area contributed by atoms with E-state index in [0.29, 0.717) is 0 Å².